The van der Waals surface area contributed by atoms with Crippen molar-refractivity contribution in [2.45, 2.75) is 93.2 Å². The zero-order chi connectivity index (χ0) is 22.1. The van der Waals surface area contributed by atoms with Gasteiger partial charge in [0.05, 0.1) is 0 Å². The summed E-state index contributed by atoms with van der Waals surface area (Å²) in [5, 5.41) is 1.56. The van der Waals surface area contributed by atoms with Gasteiger partial charge in [-0.15, -0.1) is 0 Å². The summed E-state index contributed by atoms with van der Waals surface area (Å²) >= 11 is 2.18. The fraction of sp³-hybridized carbons (Fsp3) is 0.769. The number of hydrogen-bond acceptors (Lipinski definition) is 2. The molecule has 6 atom stereocenters. The van der Waals surface area contributed by atoms with E-state index in [1.54, 1.807) is 10.5 Å². The third-order valence-corrected chi connectivity index (χ3v) is 19.0. The fourth-order valence-electron chi connectivity index (χ4n) is 6.15. The Hall–Kier alpha value is 0.310. The quantitative estimate of drug-likeness (QED) is 0.274. The van der Waals surface area contributed by atoms with E-state index >= 15 is 0 Å². The van der Waals surface area contributed by atoms with Crippen LogP contribution in [0.25, 0.3) is 0 Å². The van der Waals surface area contributed by atoms with Crippen LogP contribution in [-0.2, 0) is 0 Å². The van der Waals surface area contributed by atoms with Gasteiger partial charge in [-0.3, -0.25) is 0 Å². The molecule has 1 aromatic rings. The predicted octanol–water partition coefficient (Wildman–Crippen LogP) is 8.14. The maximum absolute atomic E-state index is 4.43. The molecule has 0 spiro atoms. The number of thioether (sulfide) groups is 1. The molecule has 4 heteroatoms. The van der Waals surface area contributed by atoms with Crippen LogP contribution >= 0.6 is 29.4 Å². The van der Waals surface area contributed by atoms with Crippen LogP contribution in [0.2, 0.25) is 0 Å². The molecule has 0 saturated heterocycles. The molecule has 1 N–H and O–H groups in total. The van der Waals surface area contributed by atoms with Crippen LogP contribution < -0.4 is 4.49 Å². The molecular formula is C26H48NPS2. The Bertz CT molecular complexity index is 704. The molecule has 1 nitrogen and oxygen atoms in total. The Morgan fingerprint density at radius 3 is 2.40 bits per heavy atom. The van der Waals surface area contributed by atoms with Crippen LogP contribution in [0.5, 0.6) is 0 Å². The van der Waals surface area contributed by atoms with Crippen LogP contribution in [0.1, 0.15) is 77.7 Å². The van der Waals surface area contributed by atoms with E-state index in [2.05, 4.69) is 94.1 Å². The molecule has 0 radical (unpaired) electrons. The average molecular weight is 470 g/mol. The molecule has 1 aliphatic heterocycles. The molecule has 0 bridgehead atoms. The van der Waals surface area contributed by atoms with Crippen molar-refractivity contribution in [3.63, 3.8) is 0 Å². The number of rotatable bonds is 10. The summed E-state index contributed by atoms with van der Waals surface area (Å²) in [4.78, 5) is 1.56. The van der Waals surface area contributed by atoms with Gasteiger partial charge in [-0.05, 0) is 0 Å². The van der Waals surface area contributed by atoms with Crippen molar-refractivity contribution in [2.75, 3.05) is 25.8 Å². The summed E-state index contributed by atoms with van der Waals surface area (Å²) in [6.45, 7) is 15.1. The molecule has 3 rings (SSSR count). The van der Waals surface area contributed by atoms with Gasteiger partial charge in [0.2, 0.25) is 0 Å². The van der Waals surface area contributed by atoms with Gasteiger partial charge in [0.15, 0.2) is 0 Å². The van der Waals surface area contributed by atoms with Crippen molar-refractivity contribution in [2.24, 2.45) is 11.8 Å². The van der Waals surface area contributed by atoms with Crippen LogP contribution in [0.3, 0.4) is 0 Å². The summed E-state index contributed by atoms with van der Waals surface area (Å²) in [7, 11) is -2.37. The molecule has 1 aromatic carbocycles. The number of benzene rings is 1. The van der Waals surface area contributed by atoms with Gasteiger partial charge < -0.3 is 0 Å². The summed E-state index contributed by atoms with van der Waals surface area (Å²) < 4.78 is 4.43. The first-order valence-electron chi connectivity index (χ1n) is 12.4. The van der Waals surface area contributed by atoms with E-state index in [0.29, 0.717) is 0 Å². The molecule has 6 unspecified atom stereocenters. The van der Waals surface area contributed by atoms with Crippen molar-refractivity contribution in [3.05, 3.63) is 29.8 Å². The monoisotopic (exact) mass is 469 g/mol. The first-order valence-corrected chi connectivity index (χ1v) is 18.8. The first-order chi connectivity index (χ1) is 14.1. The van der Waals surface area contributed by atoms with E-state index in [-0.39, 0.29) is 0 Å². The Balaban J connectivity index is 1.72. The molecule has 1 heterocycles. The van der Waals surface area contributed by atoms with Gasteiger partial charge in [-0.25, -0.2) is 0 Å². The van der Waals surface area contributed by atoms with Gasteiger partial charge >= 0.3 is 195 Å². The van der Waals surface area contributed by atoms with Crippen molar-refractivity contribution < 1.29 is 0 Å². The summed E-state index contributed by atoms with van der Waals surface area (Å²) in [6.07, 6.45) is 13.6. The van der Waals surface area contributed by atoms with Crippen LogP contribution in [0.15, 0.2) is 29.2 Å². The molecule has 1 saturated carbocycles. The Morgan fingerprint density at radius 2 is 1.70 bits per heavy atom. The van der Waals surface area contributed by atoms with Crippen LogP contribution in [-0.4, -0.2) is 42.0 Å². The third kappa shape index (κ3) is 5.11. The maximum atomic E-state index is 4.43. The van der Waals surface area contributed by atoms with E-state index in [1.807, 2.05) is 0 Å². The molecule has 30 heavy (non-hydrogen) atoms. The number of unbranched alkanes of at least 4 members (excludes halogenated alkanes) is 4. The van der Waals surface area contributed by atoms with Gasteiger partial charge in [-0.2, -0.15) is 0 Å². The third-order valence-electron chi connectivity index (χ3n) is 8.29. The van der Waals surface area contributed by atoms with Gasteiger partial charge in [0.1, 0.15) is 0 Å². The molecule has 0 aromatic heterocycles. The standard InChI is InChI=1S/C26H48NPS2/c1-9-10-11-12-13-16-19(2)28(5,6)27-30(7,8)26-21(4)20(3)25-24(26)22-17-14-15-18-23(22)29-25/h14-15,17-21,24-28H,9-13,16H2,1-8H3. The average Bonchev–Trinajstić information content (AvgIpc) is 3.16. The second kappa shape index (κ2) is 10.1. The summed E-state index contributed by atoms with van der Waals surface area (Å²) in [5.41, 5.74) is 2.50. The minimum atomic E-state index is -1.49. The predicted molar refractivity (Wildman–Crippen MR) is 147 cm³/mol. The number of nitrogens with one attached hydrogen (secondary N) is 1. The second-order valence-electron chi connectivity index (χ2n) is 11.2. The summed E-state index contributed by atoms with van der Waals surface area (Å²) in [6, 6.07) is 9.29. The van der Waals surface area contributed by atoms with Crippen LogP contribution in [0, 0.1) is 11.8 Å². The molecule has 1 aliphatic carbocycles. The zero-order valence-electron chi connectivity index (χ0n) is 20.8. The Labute approximate surface area is 194 Å². The van der Waals surface area contributed by atoms with Crippen molar-refractivity contribution in [1.29, 1.82) is 0 Å². The van der Waals surface area contributed by atoms with E-state index in [4.69, 9.17) is 0 Å². The zero-order valence-corrected chi connectivity index (χ0v) is 23.5. The molecular weight excluding hydrogens is 421 g/mol. The molecule has 0 amide bonds. The van der Waals surface area contributed by atoms with Crippen molar-refractivity contribution in [3.8, 4) is 0 Å². The topological polar surface area (TPSA) is 12.0 Å². The number of hydrogen-bond donors (Lipinski definition) is 1. The van der Waals surface area contributed by atoms with E-state index in [1.165, 1.54) is 38.5 Å². The molecule has 1 fully saturated rings. The minimum absolute atomic E-state index is 0.739. The van der Waals surface area contributed by atoms with Gasteiger partial charge in [-0.1, -0.05) is 0 Å². The normalized spacial score (nSPS) is 30.7. The fourth-order valence-corrected chi connectivity index (χ4v) is 18.0. The Morgan fingerprint density at radius 1 is 1.03 bits per heavy atom. The SMILES string of the molecule is CCCCCCCC(C)[PH](C)(C)NS(C)(C)C1C(C)C(C)C2Sc3ccccc3C21. The van der Waals surface area contributed by atoms with Crippen molar-refractivity contribution >= 4 is 29.4 Å². The Kier molecular flexibility index (Phi) is 8.37. The molecule has 2 aliphatic rings. The van der Waals surface area contributed by atoms with E-state index in [9.17, 15) is 0 Å². The van der Waals surface area contributed by atoms with Crippen molar-refractivity contribution in [1.82, 2.24) is 4.49 Å². The second-order valence-corrected chi connectivity index (χ2v) is 21.0. The van der Waals surface area contributed by atoms with Gasteiger partial charge in [0.25, 0.3) is 0 Å². The van der Waals surface area contributed by atoms with E-state index in [0.717, 1.165) is 33.9 Å². The van der Waals surface area contributed by atoms with Crippen LogP contribution in [0.4, 0.5) is 0 Å². The van der Waals surface area contributed by atoms with E-state index < -0.39 is 17.6 Å². The summed E-state index contributed by atoms with van der Waals surface area (Å²) in [5.74, 6) is 2.34. The van der Waals surface area contributed by atoms with Gasteiger partial charge in [0, 0.05) is 0 Å². The molecule has 174 valence electrons. The number of fused-ring (bicyclic) bond motifs is 3. The first kappa shape index (κ1) is 24.9.